The molecule has 3 heteroatoms. The minimum atomic E-state index is 0.241. The molecule has 3 nitrogen and oxygen atoms in total. The lowest BCUT2D eigenvalue weighted by Crippen LogP contribution is -2.39. The van der Waals surface area contributed by atoms with Crippen molar-refractivity contribution in [2.45, 2.75) is 44.6 Å². The smallest absolute Gasteiger partial charge is 0.220 e. The average Bonchev–Trinajstić information content (AvgIpc) is 2.43. The van der Waals surface area contributed by atoms with E-state index < -0.39 is 0 Å². The van der Waals surface area contributed by atoms with Crippen molar-refractivity contribution in [2.24, 2.45) is 0 Å². The largest absolute Gasteiger partial charge is 0.352 e. The highest BCUT2D eigenvalue weighted by Crippen LogP contribution is 2.13. The first-order valence-electron chi connectivity index (χ1n) is 5.86. The van der Waals surface area contributed by atoms with Crippen LogP contribution in [-0.2, 0) is 4.79 Å². The summed E-state index contributed by atoms with van der Waals surface area (Å²) in [4.78, 5) is 13.6. The molecule has 14 heavy (non-hydrogen) atoms. The quantitative estimate of drug-likeness (QED) is 0.718. The molecule has 0 unspecified atom stereocenters. The molecule has 2 aliphatic rings. The maximum absolute atomic E-state index is 11.0. The number of carbonyl (C=O) groups excluding carboxylic acids is 1. The molecule has 0 aliphatic carbocycles. The van der Waals surface area contributed by atoms with Crippen LogP contribution in [0.1, 0.15) is 38.5 Å². The second-order valence-corrected chi connectivity index (χ2v) is 4.52. The van der Waals surface area contributed by atoms with Crippen LogP contribution in [0.2, 0.25) is 0 Å². The van der Waals surface area contributed by atoms with E-state index in [1.165, 1.54) is 38.8 Å². The Morgan fingerprint density at radius 3 is 2.50 bits per heavy atom. The zero-order valence-electron chi connectivity index (χ0n) is 8.80. The van der Waals surface area contributed by atoms with Gasteiger partial charge >= 0.3 is 0 Å². The van der Waals surface area contributed by atoms with Gasteiger partial charge in [0.1, 0.15) is 0 Å². The highest BCUT2D eigenvalue weighted by atomic mass is 16.1. The number of hydrogen-bond donors (Lipinski definition) is 1. The molecule has 0 bridgehead atoms. The number of rotatable bonds is 2. The molecule has 0 spiro atoms. The minimum absolute atomic E-state index is 0.241. The maximum Gasteiger partial charge on any atom is 0.220 e. The van der Waals surface area contributed by atoms with Gasteiger partial charge in [0.05, 0.1) is 0 Å². The summed E-state index contributed by atoms with van der Waals surface area (Å²) < 4.78 is 0. The molecule has 0 aromatic carbocycles. The summed E-state index contributed by atoms with van der Waals surface area (Å²) in [5.41, 5.74) is 0. The van der Waals surface area contributed by atoms with Crippen LogP contribution < -0.4 is 5.32 Å². The molecule has 0 aromatic rings. The maximum atomic E-state index is 11.0. The Morgan fingerprint density at radius 2 is 1.93 bits per heavy atom. The van der Waals surface area contributed by atoms with E-state index in [1.807, 2.05) is 0 Å². The Balaban J connectivity index is 1.75. The molecule has 1 atom stereocenters. The zero-order chi connectivity index (χ0) is 9.80. The van der Waals surface area contributed by atoms with Gasteiger partial charge < -0.3 is 10.2 Å². The number of nitrogens with one attached hydrogen (secondary N) is 1. The van der Waals surface area contributed by atoms with Crippen molar-refractivity contribution in [3.05, 3.63) is 0 Å². The summed E-state index contributed by atoms with van der Waals surface area (Å²) in [7, 11) is 0. The van der Waals surface area contributed by atoms with Crippen LogP contribution in [-0.4, -0.2) is 36.5 Å². The Kier molecular flexibility index (Phi) is 3.40. The monoisotopic (exact) mass is 196 g/mol. The summed E-state index contributed by atoms with van der Waals surface area (Å²) >= 11 is 0. The van der Waals surface area contributed by atoms with Gasteiger partial charge in [-0.1, -0.05) is 12.8 Å². The van der Waals surface area contributed by atoms with E-state index in [4.69, 9.17) is 0 Å². The zero-order valence-corrected chi connectivity index (χ0v) is 8.80. The molecule has 80 valence electrons. The number of likely N-dealkylation sites (tertiary alicyclic amines) is 1. The third kappa shape index (κ3) is 2.71. The van der Waals surface area contributed by atoms with Crippen LogP contribution in [0.15, 0.2) is 0 Å². The van der Waals surface area contributed by atoms with E-state index in [1.54, 1.807) is 0 Å². The van der Waals surface area contributed by atoms with E-state index >= 15 is 0 Å². The summed E-state index contributed by atoms with van der Waals surface area (Å²) in [6.45, 7) is 3.53. The van der Waals surface area contributed by atoms with Crippen LogP contribution in [0.4, 0.5) is 0 Å². The Hall–Kier alpha value is -0.570. The highest BCUT2D eigenvalue weighted by Gasteiger charge is 2.23. The summed E-state index contributed by atoms with van der Waals surface area (Å²) in [5, 5.41) is 3.04. The number of amides is 1. The highest BCUT2D eigenvalue weighted by molar-refractivity contribution is 5.78. The van der Waals surface area contributed by atoms with Crippen LogP contribution in [0.3, 0.4) is 0 Å². The Morgan fingerprint density at radius 1 is 1.21 bits per heavy atom. The van der Waals surface area contributed by atoms with Gasteiger partial charge in [-0.15, -0.1) is 0 Å². The van der Waals surface area contributed by atoms with Crippen LogP contribution in [0.5, 0.6) is 0 Å². The van der Waals surface area contributed by atoms with Gasteiger partial charge in [0.25, 0.3) is 0 Å². The molecule has 1 amide bonds. The fraction of sp³-hybridized carbons (Fsp3) is 0.909. The molecule has 1 N–H and O–H groups in total. The van der Waals surface area contributed by atoms with Gasteiger partial charge in [-0.05, 0) is 32.4 Å². The normalized spacial score (nSPS) is 30.0. The molecular weight excluding hydrogens is 176 g/mol. The third-order valence-electron chi connectivity index (χ3n) is 3.26. The first-order valence-corrected chi connectivity index (χ1v) is 5.86. The van der Waals surface area contributed by atoms with Gasteiger partial charge in [0, 0.05) is 19.0 Å². The van der Waals surface area contributed by atoms with Gasteiger partial charge in [-0.3, -0.25) is 4.79 Å². The van der Waals surface area contributed by atoms with Crippen molar-refractivity contribution in [1.29, 1.82) is 0 Å². The third-order valence-corrected chi connectivity index (χ3v) is 3.26. The molecule has 2 heterocycles. The lowest BCUT2D eigenvalue weighted by molar-refractivity contribution is -0.119. The van der Waals surface area contributed by atoms with Gasteiger partial charge in [-0.2, -0.15) is 0 Å². The van der Waals surface area contributed by atoms with E-state index in [2.05, 4.69) is 10.2 Å². The van der Waals surface area contributed by atoms with Gasteiger partial charge in [0.2, 0.25) is 5.91 Å². The van der Waals surface area contributed by atoms with E-state index in [9.17, 15) is 4.79 Å². The molecule has 2 rings (SSSR count). The number of nitrogens with zero attached hydrogens (tertiary/aromatic N) is 1. The lowest BCUT2D eigenvalue weighted by atomic mass is 10.2. The minimum Gasteiger partial charge on any atom is -0.352 e. The van der Waals surface area contributed by atoms with Gasteiger partial charge in [0.15, 0.2) is 0 Å². The molecule has 0 radical (unpaired) electrons. The molecule has 0 aromatic heterocycles. The first kappa shape index (κ1) is 9.97. The Labute approximate surface area is 85.8 Å². The average molecular weight is 196 g/mol. The fourth-order valence-electron chi connectivity index (χ4n) is 2.44. The van der Waals surface area contributed by atoms with Crippen molar-refractivity contribution in [3.63, 3.8) is 0 Å². The molecule has 0 saturated carbocycles. The van der Waals surface area contributed by atoms with Crippen LogP contribution in [0.25, 0.3) is 0 Å². The van der Waals surface area contributed by atoms with E-state index in [0.717, 1.165) is 19.4 Å². The summed E-state index contributed by atoms with van der Waals surface area (Å²) in [5.74, 6) is 0.241. The molecule has 2 fully saturated rings. The van der Waals surface area contributed by atoms with Crippen LogP contribution in [0, 0.1) is 0 Å². The topological polar surface area (TPSA) is 32.3 Å². The van der Waals surface area contributed by atoms with E-state index in [-0.39, 0.29) is 5.91 Å². The SMILES string of the molecule is O=C1CC[C@@H](CN2CCCCCC2)N1. The van der Waals surface area contributed by atoms with Gasteiger partial charge in [-0.25, -0.2) is 0 Å². The molecule has 2 aliphatic heterocycles. The molecular formula is C11H20N2O. The van der Waals surface area contributed by atoms with Crippen LogP contribution >= 0.6 is 0 Å². The van der Waals surface area contributed by atoms with Crippen molar-refractivity contribution < 1.29 is 4.79 Å². The van der Waals surface area contributed by atoms with Crippen molar-refractivity contribution in [2.75, 3.05) is 19.6 Å². The summed E-state index contributed by atoms with van der Waals surface area (Å²) in [6.07, 6.45) is 7.20. The number of carbonyl (C=O) groups is 1. The predicted octanol–water partition coefficient (Wildman–Crippen LogP) is 1.14. The summed E-state index contributed by atoms with van der Waals surface area (Å²) in [6, 6.07) is 0.431. The standard InChI is InChI=1S/C11H20N2O/c14-11-6-5-10(12-11)9-13-7-3-1-2-4-8-13/h10H,1-9H2,(H,12,14)/t10-/m0/s1. The fourth-order valence-corrected chi connectivity index (χ4v) is 2.44. The Bertz CT molecular complexity index is 197. The lowest BCUT2D eigenvalue weighted by Gasteiger charge is -2.23. The second-order valence-electron chi connectivity index (χ2n) is 4.52. The van der Waals surface area contributed by atoms with Crippen molar-refractivity contribution >= 4 is 5.91 Å². The number of hydrogen-bond acceptors (Lipinski definition) is 2. The van der Waals surface area contributed by atoms with E-state index in [0.29, 0.717) is 6.04 Å². The van der Waals surface area contributed by atoms with Crippen molar-refractivity contribution in [1.82, 2.24) is 10.2 Å². The first-order chi connectivity index (χ1) is 6.84. The van der Waals surface area contributed by atoms with Crippen molar-refractivity contribution in [3.8, 4) is 0 Å². The second kappa shape index (κ2) is 4.78. The predicted molar refractivity (Wildman–Crippen MR) is 56.1 cm³/mol. The molecule has 2 saturated heterocycles.